The average Bonchev–Trinajstić information content (AvgIpc) is 2.17. The zero-order valence-electron chi connectivity index (χ0n) is 7.46. The lowest BCUT2D eigenvalue weighted by molar-refractivity contribution is -0.616. The summed E-state index contributed by atoms with van der Waals surface area (Å²) in [4.78, 5) is 10.9. The van der Waals surface area contributed by atoms with E-state index < -0.39 is 12.0 Å². The van der Waals surface area contributed by atoms with Crippen LogP contribution in [0, 0.1) is 46.8 Å². The van der Waals surface area contributed by atoms with Gasteiger partial charge in [0.05, 0.1) is 0 Å². The molecule has 6 aliphatic rings. The van der Waals surface area contributed by atoms with E-state index >= 15 is 0 Å². The van der Waals surface area contributed by atoms with Gasteiger partial charge in [0.15, 0.2) is 0 Å². The van der Waals surface area contributed by atoms with Crippen molar-refractivity contribution in [3.8, 4) is 0 Å². The van der Waals surface area contributed by atoms with Crippen LogP contribution >= 0.6 is 12.4 Å². The number of rotatable bonds is 2. The van der Waals surface area contributed by atoms with Gasteiger partial charge in [-0.3, -0.25) is 4.79 Å². The molecule has 0 saturated heterocycles. The van der Waals surface area contributed by atoms with Crippen LogP contribution in [0.3, 0.4) is 0 Å². The summed E-state index contributed by atoms with van der Waals surface area (Å²) < 4.78 is 0. The molecule has 0 aromatic carbocycles. The van der Waals surface area contributed by atoms with Gasteiger partial charge in [-0.05, 0) is 41.4 Å². The van der Waals surface area contributed by atoms with Crippen LogP contribution in [0.4, 0.5) is 0 Å². The number of halogens is 1. The average molecular weight is 214 g/mol. The Bertz CT molecular complexity index is 332. The second-order valence-corrected chi connectivity index (χ2v) is 5.70. The molecule has 3 nitrogen and oxygen atoms in total. The lowest BCUT2D eigenvalue weighted by Crippen LogP contribution is -3.07. The molecule has 6 saturated carbocycles. The number of hydrogen-bond acceptors (Lipinski definition) is 2. The van der Waals surface area contributed by atoms with Crippen molar-refractivity contribution in [1.29, 1.82) is 0 Å². The summed E-state index contributed by atoms with van der Waals surface area (Å²) in [6.07, 6.45) is 0. The Morgan fingerprint density at radius 3 is 1.93 bits per heavy atom. The van der Waals surface area contributed by atoms with Crippen molar-refractivity contribution < 1.29 is 9.90 Å². The minimum atomic E-state index is -0.768. The second kappa shape index (κ2) is 1.63. The minimum Gasteiger partial charge on any atom is -0.480 e. The zero-order chi connectivity index (χ0) is 8.70. The zero-order valence-corrected chi connectivity index (χ0v) is 8.28. The molecular weight excluding hydrogens is 202 g/mol. The van der Waals surface area contributed by atoms with Gasteiger partial charge >= 0.3 is 5.97 Å². The molecule has 3 N–H and O–H groups in total. The summed E-state index contributed by atoms with van der Waals surface area (Å²) in [7, 11) is 0. The van der Waals surface area contributed by atoms with E-state index in [9.17, 15) is 4.79 Å². The molecule has 14 heavy (non-hydrogen) atoms. The third-order valence-corrected chi connectivity index (χ3v) is 6.36. The number of carboxylic acids is 1. The van der Waals surface area contributed by atoms with Crippen LogP contribution in [-0.4, -0.2) is 17.1 Å². The highest BCUT2D eigenvalue weighted by Gasteiger charge is 3.05. The maximum atomic E-state index is 10.9. The predicted octanol–water partition coefficient (Wildman–Crippen LogP) is 0.188. The first-order chi connectivity index (χ1) is 6.22. The number of nitrogens with two attached hydrogens (primary N) is 1. The molecule has 0 aromatic heterocycles. The van der Waals surface area contributed by atoms with Gasteiger partial charge in [-0.2, -0.15) is 0 Å². The van der Waals surface area contributed by atoms with Crippen molar-refractivity contribution in [2.75, 3.05) is 0 Å². The van der Waals surface area contributed by atoms with E-state index in [1.807, 2.05) is 0 Å². The standard InChI is InChI=1S/C10H11NO2.ClH/c11-8(9(12)13)10-5-2-1-3(5)7(10)4(1)6(2)10;/h1-8H,11H2,(H,12,13);1H/t1?,2?,3?,4?,5?,6?,7?,8-,10?;/m1./s1. The van der Waals surface area contributed by atoms with Crippen molar-refractivity contribution in [2.24, 2.45) is 52.6 Å². The fraction of sp³-hybridized carbons (Fsp3) is 0.900. The fourth-order valence-electron chi connectivity index (χ4n) is 6.36. The molecule has 0 bridgehead atoms. The summed E-state index contributed by atoms with van der Waals surface area (Å²) in [5, 5.41) is 8.96. The molecule has 6 rings (SSSR count). The SMILES string of the molecule is Cl.N[C@H](C(=O)O)C12C3C4C5C3C1C5C42. The van der Waals surface area contributed by atoms with Crippen molar-refractivity contribution in [3.63, 3.8) is 0 Å². The van der Waals surface area contributed by atoms with E-state index in [4.69, 9.17) is 10.8 Å². The molecule has 0 radical (unpaired) electrons. The molecule has 0 aliphatic heterocycles. The summed E-state index contributed by atoms with van der Waals surface area (Å²) in [5.74, 6) is 5.34. The molecule has 0 amide bonds. The van der Waals surface area contributed by atoms with Crippen LogP contribution in [0.1, 0.15) is 0 Å². The highest BCUT2D eigenvalue weighted by Crippen LogP contribution is 3.06. The molecule has 6 aliphatic carbocycles. The molecule has 6 fully saturated rings. The van der Waals surface area contributed by atoms with Gasteiger partial charge < -0.3 is 10.8 Å². The van der Waals surface area contributed by atoms with Gasteiger partial charge in [-0.1, -0.05) is 0 Å². The first-order valence-electron chi connectivity index (χ1n) is 5.20. The van der Waals surface area contributed by atoms with E-state index in [-0.39, 0.29) is 17.8 Å². The summed E-state index contributed by atoms with van der Waals surface area (Å²) >= 11 is 0. The quantitative estimate of drug-likeness (QED) is 0.688. The molecule has 0 spiro atoms. The third-order valence-electron chi connectivity index (χ3n) is 6.36. The highest BCUT2D eigenvalue weighted by molar-refractivity contribution is 5.85. The van der Waals surface area contributed by atoms with Crippen molar-refractivity contribution in [3.05, 3.63) is 0 Å². The molecule has 4 heteroatoms. The Morgan fingerprint density at radius 1 is 1.14 bits per heavy atom. The second-order valence-electron chi connectivity index (χ2n) is 5.70. The molecule has 0 unspecified atom stereocenters. The topological polar surface area (TPSA) is 63.3 Å². The maximum Gasteiger partial charge on any atom is 0.321 e. The van der Waals surface area contributed by atoms with Gasteiger partial charge in [-0.25, -0.2) is 0 Å². The smallest absolute Gasteiger partial charge is 0.321 e. The first-order valence-corrected chi connectivity index (χ1v) is 5.20. The summed E-state index contributed by atoms with van der Waals surface area (Å²) in [6, 6.07) is -0.544. The lowest BCUT2D eigenvalue weighted by Gasteiger charge is -3.08. The van der Waals surface area contributed by atoms with Gasteiger partial charge in [0.2, 0.25) is 0 Å². The molecular formula is C10H12ClNO2. The maximum absolute atomic E-state index is 10.9. The predicted molar refractivity (Wildman–Crippen MR) is 49.7 cm³/mol. The Morgan fingerprint density at radius 2 is 1.57 bits per heavy atom. The number of hydrogen-bond donors (Lipinski definition) is 2. The van der Waals surface area contributed by atoms with E-state index in [0.717, 1.165) is 41.4 Å². The Labute approximate surface area is 87.4 Å². The van der Waals surface area contributed by atoms with Crippen molar-refractivity contribution in [2.45, 2.75) is 6.04 Å². The monoisotopic (exact) mass is 213 g/mol. The van der Waals surface area contributed by atoms with Crippen LogP contribution in [-0.2, 0) is 4.79 Å². The van der Waals surface area contributed by atoms with Crippen LogP contribution in [0.2, 0.25) is 0 Å². The Kier molecular flexibility index (Phi) is 0.926. The lowest BCUT2D eigenvalue weighted by atomic mass is 8.96. The van der Waals surface area contributed by atoms with Gasteiger partial charge in [0.1, 0.15) is 6.04 Å². The largest absolute Gasteiger partial charge is 0.480 e. The van der Waals surface area contributed by atoms with E-state index in [0.29, 0.717) is 0 Å². The normalized spacial score (nSPS) is 73.4. The van der Waals surface area contributed by atoms with Crippen LogP contribution in [0.5, 0.6) is 0 Å². The minimum absolute atomic E-state index is 0. The summed E-state index contributed by atoms with van der Waals surface area (Å²) in [6.45, 7) is 0. The number of carboxylic acid groups (broad SMARTS) is 1. The molecule has 0 aromatic rings. The summed E-state index contributed by atoms with van der Waals surface area (Å²) in [5.41, 5.74) is 5.94. The van der Waals surface area contributed by atoms with E-state index in [1.165, 1.54) is 0 Å². The van der Waals surface area contributed by atoms with Crippen molar-refractivity contribution >= 4 is 18.4 Å². The molecule has 76 valence electrons. The molecule has 0 heterocycles. The van der Waals surface area contributed by atoms with Crippen molar-refractivity contribution in [1.82, 2.24) is 0 Å². The van der Waals surface area contributed by atoms with Gasteiger partial charge in [0, 0.05) is 5.41 Å². The van der Waals surface area contributed by atoms with Gasteiger partial charge in [-0.15, -0.1) is 12.4 Å². The molecule has 1 atom stereocenters. The fourth-order valence-corrected chi connectivity index (χ4v) is 6.36. The van der Waals surface area contributed by atoms with Crippen LogP contribution < -0.4 is 5.73 Å². The highest BCUT2D eigenvalue weighted by atomic mass is 35.5. The van der Waals surface area contributed by atoms with Crippen LogP contribution in [0.25, 0.3) is 0 Å². The number of carbonyl (C=O) groups is 1. The Balaban J connectivity index is 0.000000578. The van der Waals surface area contributed by atoms with E-state index in [1.54, 1.807) is 0 Å². The van der Waals surface area contributed by atoms with E-state index in [2.05, 4.69) is 0 Å². The first kappa shape index (κ1) is 7.94. The Hall–Kier alpha value is -0.280. The number of aliphatic carboxylic acids is 1. The van der Waals surface area contributed by atoms with Gasteiger partial charge in [0.25, 0.3) is 0 Å². The van der Waals surface area contributed by atoms with Crippen LogP contribution in [0.15, 0.2) is 0 Å². The third kappa shape index (κ3) is 0.332.